The number of hydrogen-bond acceptors (Lipinski definition) is 7. The van der Waals surface area contributed by atoms with Crippen LogP contribution in [-0.4, -0.2) is 37.5 Å². The minimum absolute atomic E-state index is 0.114. The number of nitrogen functional groups attached to an aromatic ring is 1. The molecule has 0 aliphatic heterocycles. The van der Waals surface area contributed by atoms with Gasteiger partial charge >= 0.3 is 11.7 Å². The molecule has 9 heteroatoms. The number of carbonyl (C=O) groups excluding carboxylic acids is 1. The lowest BCUT2D eigenvalue weighted by atomic mass is 10.1. The molecule has 0 aliphatic carbocycles. The molecule has 3 rings (SSSR count). The fourth-order valence-corrected chi connectivity index (χ4v) is 3.04. The van der Waals surface area contributed by atoms with Gasteiger partial charge in [-0.15, -0.1) is 0 Å². The number of fused-ring (bicyclic) bond motifs is 1. The summed E-state index contributed by atoms with van der Waals surface area (Å²) in [5.74, 6) is 0.179. The van der Waals surface area contributed by atoms with E-state index >= 15 is 0 Å². The first-order valence-corrected chi connectivity index (χ1v) is 10.3. The standard InChI is InChI=1S/C19H23N5O3S/c1-3-4-9-27-18-22-16(20)15-17(23-18)24(19(26)21-15)11-13-7-5-12(6-8-13)10-14(25)28-2/h5-8H,3-4,9-11H2,1-2H3,(H,21,26)(H2,20,22,23). The quantitative estimate of drug-likeness (QED) is 0.557. The fraction of sp³-hybridized carbons (Fsp3) is 0.368. The summed E-state index contributed by atoms with van der Waals surface area (Å²) in [6.07, 6.45) is 4.03. The zero-order chi connectivity index (χ0) is 20.1. The largest absolute Gasteiger partial charge is 0.463 e. The first kappa shape index (κ1) is 19.9. The molecule has 0 fully saturated rings. The van der Waals surface area contributed by atoms with Crippen molar-refractivity contribution in [2.24, 2.45) is 0 Å². The van der Waals surface area contributed by atoms with E-state index in [0.29, 0.717) is 30.7 Å². The summed E-state index contributed by atoms with van der Waals surface area (Å²) in [5.41, 5.74) is 8.31. The molecule has 3 aromatic rings. The third-order valence-corrected chi connectivity index (χ3v) is 4.90. The second-order valence-electron chi connectivity index (χ2n) is 6.38. The Morgan fingerprint density at radius 3 is 2.64 bits per heavy atom. The van der Waals surface area contributed by atoms with E-state index in [1.165, 1.54) is 16.3 Å². The maximum atomic E-state index is 12.4. The molecule has 0 saturated carbocycles. The van der Waals surface area contributed by atoms with Crippen LogP contribution < -0.4 is 16.2 Å². The van der Waals surface area contributed by atoms with E-state index < -0.39 is 0 Å². The number of unbranched alkanes of at least 4 members (excludes halogenated alkanes) is 1. The molecule has 0 radical (unpaired) electrons. The summed E-state index contributed by atoms with van der Waals surface area (Å²) < 4.78 is 7.05. The highest BCUT2D eigenvalue weighted by atomic mass is 32.2. The minimum atomic E-state index is -0.316. The van der Waals surface area contributed by atoms with Crippen LogP contribution in [0.15, 0.2) is 29.1 Å². The molecule has 0 amide bonds. The number of nitrogens with zero attached hydrogens (tertiary/aromatic N) is 3. The molecule has 0 saturated heterocycles. The van der Waals surface area contributed by atoms with Crippen molar-refractivity contribution in [3.05, 3.63) is 45.9 Å². The number of H-pyrrole nitrogens is 1. The van der Waals surface area contributed by atoms with Crippen LogP contribution in [0.3, 0.4) is 0 Å². The first-order valence-electron chi connectivity index (χ1n) is 9.05. The summed E-state index contributed by atoms with van der Waals surface area (Å²) in [6.45, 7) is 2.88. The van der Waals surface area contributed by atoms with Gasteiger partial charge in [0.1, 0.15) is 5.52 Å². The molecule has 148 valence electrons. The van der Waals surface area contributed by atoms with Crippen molar-refractivity contribution in [1.29, 1.82) is 0 Å². The highest BCUT2D eigenvalue weighted by molar-refractivity contribution is 8.13. The minimum Gasteiger partial charge on any atom is -0.463 e. The molecule has 3 N–H and O–H groups in total. The first-order chi connectivity index (χ1) is 13.5. The highest BCUT2D eigenvalue weighted by Crippen LogP contribution is 2.19. The van der Waals surface area contributed by atoms with Gasteiger partial charge < -0.3 is 15.5 Å². The van der Waals surface area contributed by atoms with Crippen LogP contribution in [-0.2, 0) is 17.8 Å². The Balaban J connectivity index is 1.86. The van der Waals surface area contributed by atoms with Gasteiger partial charge in [-0.05, 0) is 23.8 Å². The number of aromatic nitrogens is 4. The summed E-state index contributed by atoms with van der Waals surface area (Å²) in [5, 5.41) is 0.114. The van der Waals surface area contributed by atoms with E-state index in [-0.39, 0.29) is 22.6 Å². The molecule has 0 aliphatic rings. The topological polar surface area (TPSA) is 116 Å². The van der Waals surface area contributed by atoms with Crippen LogP contribution in [0.1, 0.15) is 30.9 Å². The zero-order valence-electron chi connectivity index (χ0n) is 15.9. The molecule has 8 nitrogen and oxygen atoms in total. The normalized spacial score (nSPS) is 11.1. The highest BCUT2D eigenvalue weighted by Gasteiger charge is 2.15. The summed E-state index contributed by atoms with van der Waals surface area (Å²) in [4.78, 5) is 35.1. The maximum Gasteiger partial charge on any atom is 0.328 e. The van der Waals surface area contributed by atoms with Crippen LogP contribution in [0, 0.1) is 0 Å². The van der Waals surface area contributed by atoms with E-state index in [1.54, 1.807) is 6.26 Å². The number of ether oxygens (including phenoxy) is 1. The predicted octanol–water partition coefficient (Wildman–Crippen LogP) is 2.36. The number of nitrogens with two attached hydrogens (primary N) is 1. The number of benzene rings is 1. The van der Waals surface area contributed by atoms with Crippen molar-refractivity contribution in [1.82, 2.24) is 19.5 Å². The van der Waals surface area contributed by atoms with Crippen LogP contribution in [0.2, 0.25) is 0 Å². The van der Waals surface area contributed by atoms with E-state index in [0.717, 1.165) is 24.0 Å². The van der Waals surface area contributed by atoms with Crippen LogP contribution in [0.25, 0.3) is 11.2 Å². The van der Waals surface area contributed by atoms with E-state index in [4.69, 9.17) is 10.5 Å². The van der Waals surface area contributed by atoms with Gasteiger partial charge in [0.25, 0.3) is 0 Å². The number of rotatable bonds is 8. The molecule has 0 unspecified atom stereocenters. The molecule has 2 heterocycles. The van der Waals surface area contributed by atoms with Crippen LogP contribution in [0.4, 0.5) is 5.82 Å². The molecule has 2 aromatic heterocycles. The van der Waals surface area contributed by atoms with Crippen molar-refractivity contribution in [2.45, 2.75) is 32.7 Å². The van der Waals surface area contributed by atoms with Gasteiger partial charge in [0.2, 0.25) is 0 Å². The van der Waals surface area contributed by atoms with Crippen LogP contribution >= 0.6 is 11.8 Å². The predicted molar refractivity (Wildman–Crippen MR) is 111 cm³/mol. The Hall–Kier alpha value is -2.81. The third-order valence-electron chi connectivity index (χ3n) is 4.30. The molecule has 0 bridgehead atoms. The molecule has 0 spiro atoms. The van der Waals surface area contributed by atoms with E-state index in [9.17, 15) is 9.59 Å². The molecular weight excluding hydrogens is 378 g/mol. The van der Waals surface area contributed by atoms with Crippen molar-refractivity contribution in [3.8, 4) is 6.01 Å². The Labute approximate surface area is 166 Å². The molecule has 1 aromatic carbocycles. The second kappa shape index (κ2) is 8.92. The Bertz CT molecular complexity index is 1030. The summed E-state index contributed by atoms with van der Waals surface area (Å²) in [6, 6.07) is 7.75. The van der Waals surface area contributed by atoms with Gasteiger partial charge in [0.15, 0.2) is 16.6 Å². The lowest BCUT2D eigenvalue weighted by molar-refractivity contribution is -0.110. The van der Waals surface area contributed by atoms with Gasteiger partial charge in [-0.25, -0.2) is 4.79 Å². The zero-order valence-corrected chi connectivity index (χ0v) is 16.7. The molecule has 0 atom stereocenters. The van der Waals surface area contributed by atoms with Gasteiger partial charge in [-0.1, -0.05) is 49.4 Å². The number of imidazole rings is 1. The van der Waals surface area contributed by atoms with Crippen molar-refractivity contribution < 1.29 is 9.53 Å². The van der Waals surface area contributed by atoms with Gasteiger partial charge in [-0.3, -0.25) is 9.36 Å². The van der Waals surface area contributed by atoms with Crippen LogP contribution in [0.5, 0.6) is 6.01 Å². The van der Waals surface area contributed by atoms with Gasteiger partial charge in [0.05, 0.1) is 13.2 Å². The molecular formula is C19H23N5O3S. The number of carbonyl (C=O) groups is 1. The summed E-state index contributed by atoms with van der Waals surface area (Å²) in [7, 11) is 0. The van der Waals surface area contributed by atoms with Gasteiger partial charge in [0, 0.05) is 6.42 Å². The maximum absolute atomic E-state index is 12.4. The number of aromatic amines is 1. The average Bonchev–Trinajstić information content (AvgIpc) is 3.00. The summed E-state index contributed by atoms with van der Waals surface area (Å²) >= 11 is 1.21. The van der Waals surface area contributed by atoms with E-state index in [2.05, 4.69) is 21.9 Å². The van der Waals surface area contributed by atoms with Crippen molar-refractivity contribution in [3.63, 3.8) is 0 Å². The monoisotopic (exact) mass is 401 g/mol. The lowest BCUT2D eigenvalue weighted by Crippen LogP contribution is -2.18. The number of anilines is 1. The number of nitrogens with one attached hydrogen (secondary N) is 1. The third kappa shape index (κ3) is 4.53. The second-order valence-corrected chi connectivity index (χ2v) is 7.24. The van der Waals surface area contributed by atoms with Crippen molar-refractivity contribution in [2.75, 3.05) is 18.6 Å². The van der Waals surface area contributed by atoms with Crippen molar-refractivity contribution >= 4 is 33.9 Å². The Kier molecular flexibility index (Phi) is 6.35. The number of thioether (sulfide) groups is 1. The Morgan fingerprint density at radius 1 is 1.25 bits per heavy atom. The molecule has 28 heavy (non-hydrogen) atoms. The van der Waals surface area contributed by atoms with Gasteiger partial charge in [-0.2, -0.15) is 9.97 Å². The SMILES string of the molecule is CCCCOc1nc(N)c2[nH]c(=O)n(Cc3ccc(CC(=O)SC)cc3)c2n1. The van der Waals surface area contributed by atoms with E-state index in [1.807, 2.05) is 24.3 Å². The lowest BCUT2D eigenvalue weighted by Gasteiger charge is -2.07. The average molecular weight is 401 g/mol. The Morgan fingerprint density at radius 2 is 1.96 bits per heavy atom. The smallest absolute Gasteiger partial charge is 0.328 e. The number of hydrogen-bond donors (Lipinski definition) is 2. The fourth-order valence-electron chi connectivity index (χ4n) is 2.73.